The largest absolute Gasteiger partial charge is 0.399 e. The van der Waals surface area contributed by atoms with Crippen molar-refractivity contribution in [3.63, 3.8) is 0 Å². The Morgan fingerprint density at radius 2 is 1.95 bits per heavy atom. The van der Waals surface area contributed by atoms with Gasteiger partial charge in [0.25, 0.3) is 5.91 Å². The molecule has 0 aliphatic carbocycles. The number of nitrogens with two attached hydrogens (primary N) is 1. The minimum Gasteiger partial charge on any atom is -0.399 e. The molecule has 4 heteroatoms. The quantitative estimate of drug-likeness (QED) is 0.866. The van der Waals surface area contributed by atoms with E-state index in [4.69, 9.17) is 11.0 Å². The van der Waals surface area contributed by atoms with Gasteiger partial charge < -0.3 is 10.6 Å². The van der Waals surface area contributed by atoms with Crippen LogP contribution >= 0.6 is 0 Å². The highest BCUT2D eigenvalue weighted by atomic mass is 16.2. The van der Waals surface area contributed by atoms with Crippen LogP contribution in [0.5, 0.6) is 0 Å². The smallest absolute Gasteiger partial charge is 0.253 e. The Bertz CT molecular complexity index is 656. The number of rotatable bonds is 3. The topological polar surface area (TPSA) is 70.1 Å². The van der Waals surface area contributed by atoms with Gasteiger partial charge in [-0.1, -0.05) is 18.2 Å². The fourth-order valence-electron chi connectivity index (χ4n) is 1.91. The van der Waals surface area contributed by atoms with E-state index < -0.39 is 0 Å². The first kappa shape index (κ1) is 13.6. The number of anilines is 1. The lowest BCUT2D eigenvalue weighted by atomic mass is 10.1. The molecular weight excluding hydrogens is 250 g/mol. The second-order valence-electron chi connectivity index (χ2n) is 4.60. The van der Waals surface area contributed by atoms with Crippen LogP contribution in [0.25, 0.3) is 0 Å². The van der Waals surface area contributed by atoms with Crippen molar-refractivity contribution in [1.29, 1.82) is 5.26 Å². The molecule has 1 amide bonds. The van der Waals surface area contributed by atoms with Gasteiger partial charge in [-0.25, -0.2) is 0 Å². The molecule has 0 bridgehead atoms. The van der Waals surface area contributed by atoms with Crippen LogP contribution in [0.4, 0.5) is 5.69 Å². The summed E-state index contributed by atoms with van der Waals surface area (Å²) in [5.74, 6) is -0.112. The highest BCUT2D eigenvalue weighted by Crippen LogP contribution is 2.11. The van der Waals surface area contributed by atoms with Crippen molar-refractivity contribution in [3.8, 4) is 6.07 Å². The van der Waals surface area contributed by atoms with E-state index in [-0.39, 0.29) is 5.91 Å². The van der Waals surface area contributed by atoms with E-state index in [1.165, 1.54) is 0 Å². The van der Waals surface area contributed by atoms with Crippen molar-refractivity contribution in [1.82, 2.24) is 4.90 Å². The van der Waals surface area contributed by atoms with E-state index in [0.29, 0.717) is 23.4 Å². The van der Waals surface area contributed by atoms with Gasteiger partial charge in [0, 0.05) is 24.8 Å². The molecule has 100 valence electrons. The molecule has 4 nitrogen and oxygen atoms in total. The van der Waals surface area contributed by atoms with Gasteiger partial charge in [0.1, 0.15) is 0 Å². The molecule has 0 radical (unpaired) electrons. The summed E-state index contributed by atoms with van der Waals surface area (Å²) in [6.07, 6.45) is 0. The summed E-state index contributed by atoms with van der Waals surface area (Å²) >= 11 is 0. The molecule has 2 aromatic carbocycles. The van der Waals surface area contributed by atoms with Gasteiger partial charge in [-0.05, 0) is 35.9 Å². The minimum absolute atomic E-state index is 0.112. The summed E-state index contributed by atoms with van der Waals surface area (Å²) in [5, 5.41) is 8.86. The van der Waals surface area contributed by atoms with Crippen LogP contribution in [0.1, 0.15) is 21.5 Å². The maximum absolute atomic E-state index is 12.3. The number of hydrogen-bond acceptors (Lipinski definition) is 3. The van der Waals surface area contributed by atoms with Crippen molar-refractivity contribution >= 4 is 11.6 Å². The van der Waals surface area contributed by atoms with E-state index in [1.807, 2.05) is 30.3 Å². The third-order valence-corrected chi connectivity index (χ3v) is 2.98. The fourth-order valence-corrected chi connectivity index (χ4v) is 1.91. The second kappa shape index (κ2) is 5.89. The standard InChI is InChI=1S/C16H15N3O/c1-19(11-12-5-7-15(18)8-6-12)16(20)14-4-2-3-13(9-14)10-17/h2-9H,11,18H2,1H3. The Morgan fingerprint density at radius 1 is 1.25 bits per heavy atom. The van der Waals surface area contributed by atoms with Gasteiger partial charge in [0.05, 0.1) is 11.6 Å². The number of nitrogen functional groups attached to an aromatic ring is 1. The van der Waals surface area contributed by atoms with Gasteiger partial charge >= 0.3 is 0 Å². The van der Waals surface area contributed by atoms with Gasteiger partial charge in [0.15, 0.2) is 0 Å². The molecule has 0 heterocycles. The molecule has 0 aliphatic rings. The number of amides is 1. The SMILES string of the molecule is CN(Cc1ccc(N)cc1)C(=O)c1cccc(C#N)c1. The molecule has 0 fully saturated rings. The van der Waals surface area contributed by atoms with Crippen LogP contribution in [-0.2, 0) is 6.54 Å². The molecule has 2 rings (SSSR count). The Kier molecular flexibility index (Phi) is 4.02. The Hall–Kier alpha value is -2.80. The highest BCUT2D eigenvalue weighted by Gasteiger charge is 2.12. The number of carbonyl (C=O) groups excluding carboxylic acids is 1. The van der Waals surface area contributed by atoms with Crippen LogP contribution in [0.2, 0.25) is 0 Å². The van der Waals surface area contributed by atoms with Crippen molar-refractivity contribution in [3.05, 3.63) is 65.2 Å². The van der Waals surface area contributed by atoms with Crippen molar-refractivity contribution in [2.45, 2.75) is 6.54 Å². The Balaban J connectivity index is 2.12. The number of benzene rings is 2. The van der Waals surface area contributed by atoms with Crippen LogP contribution in [-0.4, -0.2) is 17.9 Å². The zero-order chi connectivity index (χ0) is 14.5. The number of nitrogens with zero attached hydrogens (tertiary/aromatic N) is 2. The fraction of sp³-hybridized carbons (Fsp3) is 0.125. The van der Waals surface area contributed by atoms with Gasteiger partial charge in [-0.3, -0.25) is 4.79 Å². The van der Waals surface area contributed by atoms with E-state index in [9.17, 15) is 4.79 Å². The molecule has 2 aromatic rings. The molecular formula is C16H15N3O. The Morgan fingerprint density at radius 3 is 2.60 bits per heavy atom. The zero-order valence-corrected chi connectivity index (χ0v) is 11.2. The third kappa shape index (κ3) is 3.15. The summed E-state index contributed by atoms with van der Waals surface area (Å²) in [6, 6.07) is 16.1. The van der Waals surface area contributed by atoms with Crippen LogP contribution < -0.4 is 5.73 Å². The highest BCUT2D eigenvalue weighted by molar-refractivity contribution is 5.94. The predicted molar refractivity (Wildman–Crippen MR) is 77.8 cm³/mol. The molecule has 0 unspecified atom stereocenters. The molecule has 0 atom stereocenters. The zero-order valence-electron chi connectivity index (χ0n) is 11.2. The lowest BCUT2D eigenvalue weighted by molar-refractivity contribution is 0.0785. The summed E-state index contributed by atoms with van der Waals surface area (Å²) in [6.45, 7) is 0.496. The normalized spacial score (nSPS) is 9.80. The molecule has 0 saturated heterocycles. The summed E-state index contributed by atoms with van der Waals surface area (Å²) in [4.78, 5) is 13.9. The lowest BCUT2D eigenvalue weighted by Gasteiger charge is -2.17. The van der Waals surface area contributed by atoms with E-state index in [0.717, 1.165) is 5.56 Å². The van der Waals surface area contributed by atoms with Crippen molar-refractivity contribution in [2.24, 2.45) is 0 Å². The molecule has 0 aromatic heterocycles. The molecule has 2 N–H and O–H groups in total. The summed E-state index contributed by atoms with van der Waals surface area (Å²) < 4.78 is 0. The number of hydrogen-bond donors (Lipinski definition) is 1. The average molecular weight is 265 g/mol. The van der Waals surface area contributed by atoms with E-state index >= 15 is 0 Å². The minimum atomic E-state index is -0.112. The molecule has 0 saturated carbocycles. The van der Waals surface area contributed by atoms with Gasteiger partial charge in [-0.15, -0.1) is 0 Å². The van der Waals surface area contributed by atoms with Gasteiger partial charge in [0.2, 0.25) is 0 Å². The maximum atomic E-state index is 12.3. The third-order valence-electron chi connectivity index (χ3n) is 2.98. The lowest BCUT2D eigenvalue weighted by Crippen LogP contribution is -2.26. The number of nitriles is 1. The summed E-state index contributed by atoms with van der Waals surface area (Å²) in [5.41, 5.74) is 8.33. The van der Waals surface area contributed by atoms with Crippen molar-refractivity contribution in [2.75, 3.05) is 12.8 Å². The summed E-state index contributed by atoms with van der Waals surface area (Å²) in [7, 11) is 1.73. The molecule has 0 aliphatic heterocycles. The van der Waals surface area contributed by atoms with E-state index in [1.54, 1.807) is 36.2 Å². The molecule has 20 heavy (non-hydrogen) atoms. The predicted octanol–water partition coefficient (Wildman–Crippen LogP) is 2.41. The van der Waals surface area contributed by atoms with Crippen LogP contribution in [0.15, 0.2) is 48.5 Å². The average Bonchev–Trinajstić information content (AvgIpc) is 2.48. The maximum Gasteiger partial charge on any atom is 0.253 e. The first-order valence-electron chi connectivity index (χ1n) is 6.20. The Labute approximate surface area is 118 Å². The van der Waals surface area contributed by atoms with Gasteiger partial charge in [-0.2, -0.15) is 5.26 Å². The first-order valence-corrected chi connectivity index (χ1v) is 6.20. The number of carbonyl (C=O) groups is 1. The monoisotopic (exact) mass is 265 g/mol. The van der Waals surface area contributed by atoms with Crippen LogP contribution in [0.3, 0.4) is 0 Å². The van der Waals surface area contributed by atoms with Crippen molar-refractivity contribution < 1.29 is 4.79 Å². The van der Waals surface area contributed by atoms with Crippen LogP contribution in [0, 0.1) is 11.3 Å². The first-order chi connectivity index (χ1) is 9.60. The van der Waals surface area contributed by atoms with E-state index in [2.05, 4.69) is 0 Å². The molecule has 0 spiro atoms. The second-order valence-corrected chi connectivity index (χ2v) is 4.60.